The summed E-state index contributed by atoms with van der Waals surface area (Å²) in [4.78, 5) is 0. The van der Waals surface area contributed by atoms with E-state index in [1.54, 1.807) is 6.26 Å². The number of aryl methyl sites for hydroxylation is 1. The Balaban J connectivity index is 2.00. The third-order valence-electron chi connectivity index (χ3n) is 3.28. The van der Waals surface area contributed by atoms with Crippen LogP contribution in [0, 0.1) is 6.92 Å². The van der Waals surface area contributed by atoms with Crippen LogP contribution in [-0.4, -0.2) is 12.6 Å². The number of nitrogens with one attached hydrogen (secondary N) is 1. The lowest BCUT2D eigenvalue weighted by atomic mass is 10.0. The number of benzene rings is 1. The summed E-state index contributed by atoms with van der Waals surface area (Å²) in [5.74, 6) is 1.06. The average Bonchev–Trinajstić information content (AvgIpc) is 2.89. The second-order valence-corrected chi connectivity index (χ2v) is 5.13. The third kappa shape index (κ3) is 4.56. The SMILES string of the molecule is CCCNC(Cc1cccc(C)c1)Cc1ccco1. The zero-order valence-corrected chi connectivity index (χ0v) is 11.9. The molecule has 2 heteroatoms. The summed E-state index contributed by atoms with van der Waals surface area (Å²) >= 11 is 0. The summed E-state index contributed by atoms with van der Waals surface area (Å²) in [5, 5.41) is 3.62. The molecule has 0 aliphatic rings. The number of furan rings is 1. The van der Waals surface area contributed by atoms with Crippen molar-refractivity contribution in [2.45, 2.75) is 39.2 Å². The minimum atomic E-state index is 0.438. The molecule has 2 nitrogen and oxygen atoms in total. The van der Waals surface area contributed by atoms with Crippen molar-refractivity contribution in [3.05, 3.63) is 59.5 Å². The lowest BCUT2D eigenvalue weighted by Gasteiger charge is -2.17. The molecule has 19 heavy (non-hydrogen) atoms. The lowest BCUT2D eigenvalue weighted by molar-refractivity contribution is 0.438. The quantitative estimate of drug-likeness (QED) is 0.817. The number of hydrogen-bond donors (Lipinski definition) is 1. The minimum Gasteiger partial charge on any atom is -0.469 e. The Labute approximate surface area is 115 Å². The maximum atomic E-state index is 5.47. The molecule has 0 aliphatic carbocycles. The van der Waals surface area contributed by atoms with Crippen LogP contribution in [0.1, 0.15) is 30.2 Å². The zero-order chi connectivity index (χ0) is 13.5. The Morgan fingerprint density at radius 2 is 2.05 bits per heavy atom. The molecule has 0 saturated heterocycles. The summed E-state index contributed by atoms with van der Waals surface area (Å²) in [7, 11) is 0. The van der Waals surface area contributed by atoms with E-state index in [1.807, 2.05) is 6.07 Å². The van der Waals surface area contributed by atoms with Crippen LogP contribution in [0.2, 0.25) is 0 Å². The van der Waals surface area contributed by atoms with E-state index < -0.39 is 0 Å². The predicted molar refractivity (Wildman–Crippen MR) is 79.4 cm³/mol. The van der Waals surface area contributed by atoms with E-state index in [2.05, 4.69) is 49.5 Å². The van der Waals surface area contributed by atoms with Crippen molar-refractivity contribution in [2.24, 2.45) is 0 Å². The standard InChI is InChI=1S/C17H23NO/c1-3-9-18-16(13-17-8-5-10-19-17)12-15-7-4-6-14(2)11-15/h4-8,10-11,16,18H,3,9,12-13H2,1-2H3. The van der Waals surface area contributed by atoms with Gasteiger partial charge in [-0.25, -0.2) is 0 Å². The fraction of sp³-hybridized carbons (Fsp3) is 0.412. The van der Waals surface area contributed by atoms with Gasteiger partial charge in [0.15, 0.2) is 0 Å². The normalized spacial score (nSPS) is 12.5. The minimum absolute atomic E-state index is 0.438. The van der Waals surface area contributed by atoms with Crippen molar-refractivity contribution in [2.75, 3.05) is 6.54 Å². The van der Waals surface area contributed by atoms with Gasteiger partial charge in [-0.15, -0.1) is 0 Å². The van der Waals surface area contributed by atoms with Crippen LogP contribution in [-0.2, 0) is 12.8 Å². The van der Waals surface area contributed by atoms with Crippen molar-refractivity contribution >= 4 is 0 Å². The van der Waals surface area contributed by atoms with Crippen LogP contribution >= 0.6 is 0 Å². The first-order chi connectivity index (χ1) is 9.28. The summed E-state index contributed by atoms with van der Waals surface area (Å²) in [5.41, 5.74) is 2.71. The molecule has 0 bridgehead atoms. The number of rotatable bonds is 7. The van der Waals surface area contributed by atoms with E-state index in [9.17, 15) is 0 Å². The van der Waals surface area contributed by atoms with Crippen molar-refractivity contribution in [3.63, 3.8) is 0 Å². The smallest absolute Gasteiger partial charge is 0.105 e. The molecule has 2 aromatic rings. The fourth-order valence-corrected chi connectivity index (χ4v) is 2.36. The highest BCUT2D eigenvalue weighted by molar-refractivity contribution is 5.23. The highest BCUT2D eigenvalue weighted by Crippen LogP contribution is 2.11. The highest BCUT2D eigenvalue weighted by Gasteiger charge is 2.11. The molecule has 1 aromatic carbocycles. The van der Waals surface area contributed by atoms with Crippen molar-refractivity contribution in [1.29, 1.82) is 0 Å². The number of hydrogen-bond acceptors (Lipinski definition) is 2. The Kier molecular flexibility index (Phi) is 5.22. The molecule has 0 aliphatic heterocycles. The first-order valence-corrected chi connectivity index (χ1v) is 7.09. The fourth-order valence-electron chi connectivity index (χ4n) is 2.36. The van der Waals surface area contributed by atoms with Gasteiger partial charge < -0.3 is 9.73 Å². The molecule has 1 aromatic heterocycles. The van der Waals surface area contributed by atoms with Gasteiger partial charge in [0, 0.05) is 12.5 Å². The summed E-state index contributed by atoms with van der Waals surface area (Å²) in [6.07, 6.45) is 4.89. The first kappa shape index (κ1) is 13.9. The highest BCUT2D eigenvalue weighted by atomic mass is 16.3. The second kappa shape index (κ2) is 7.15. The zero-order valence-electron chi connectivity index (χ0n) is 11.9. The molecular weight excluding hydrogens is 234 g/mol. The molecule has 1 unspecified atom stereocenters. The molecule has 0 fully saturated rings. The maximum absolute atomic E-state index is 5.47. The van der Waals surface area contributed by atoms with Gasteiger partial charge in [0.05, 0.1) is 6.26 Å². The molecule has 102 valence electrons. The monoisotopic (exact) mass is 257 g/mol. The predicted octanol–water partition coefficient (Wildman–Crippen LogP) is 3.74. The maximum Gasteiger partial charge on any atom is 0.105 e. The van der Waals surface area contributed by atoms with Gasteiger partial charge in [-0.3, -0.25) is 0 Å². The van der Waals surface area contributed by atoms with Crippen LogP contribution in [0.5, 0.6) is 0 Å². The van der Waals surface area contributed by atoms with Crippen LogP contribution in [0.4, 0.5) is 0 Å². The van der Waals surface area contributed by atoms with Crippen molar-refractivity contribution in [1.82, 2.24) is 5.32 Å². The Bertz CT molecular complexity index is 476. The molecule has 1 atom stereocenters. The molecule has 0 saturated carbocycles. The van der Waals surface area contributed by atoms with Crippen LogP contribution in [0.15, 0.2) is 47.1 Å². The van der Waals surface area contributed by atoms with Crippen molar-refractivity contribution in [3.8, 4) is 0 Å². The van der Waals surface area contributed by atoms with Gasteiger partial charge in [0.1, 0.15) is 5.76 Å². The molecule has 1 heterocycles. The van der Waals surface area contributed by atoms with Gasteiger partial charge >= 0.3 is 0 Å². The Morgan fingerprint density at radius 3 is 2.74 bits per heavy atom. The first-order valence-electron chi connectivity index (χ1n) is 7.09. The average molecular weight is 257 g/mol. The van der Waals surface area contributed by atoms with Gasteiger partial charge in [-0.05, 0) is 44.0 Å². The molecular formula is C17H23NO. The van der Waals surface area contributed by atoms with Crippen LogP contribution < -0.4 is 5.32 Å². The van der Waals surface area contributed by atoms with E-state index >= 15 is 0 Å². The Hall–Kier alpha value is -1.54. The van der Waals surface area contributed by atoms with Crippen LogP contribution in [0.3, 0.4) is 0 Å². The Morgan fingerprint density at radius 1 is 1.16 bits per heavy atom. The van der Waals surface area contributed by atoms with Crippen LogP contribution in [0.25, 0.3) is 0 Å². The van der Waals surface area contributed by atoms with Gasteiger partial charge in [-0.2, -0.15) is 0 Å². The second-order valence-electron chi connectivity index (χ2n) is 5.13. The molecule has 0 radical (unpaired) electrons. The van der Waals surface area contributed by atoms with E-state index in [-0.39, 0.29) is 0 Å². The lowest BCUT2D eigenvalue weighted by Crippen LogP contribution is -2.33. The van der Waals surface area contributed by atoms with E-state index in [1.165, 1.54) is 11.1 Å². The largest absolute Gasteiger partial charge is 0.469 e. The molecule has 0 spiro atoms. The summed E-state index contributed by atoms with van der Waals surface area (Å²) in [6, 6.07) is 13.2. The third-order valence-corrected chi connectivity index (χ3v) is 3.28. The molecule has 1 N–H and O–H groups in total. The van der Waals surface area contributed by atoms with Gasteiger partial charge in [0.25, 0.3) is 0 Å². The molecule has 0 amide bonds. The van der Waals surface area contributed by atoms with Gasteiger partial charge in [-0.1, -0.05) is 36.8 Å². The van der Waals surface area contributed by atoms with Gasteiger partial charge in [0.2, 0.25) is 0 Å². The van der Waals surface area contributed by atoms with E-state index in [0.717, 1.165) is 31.6 Å². The molecule has 2 rings (SSSR count). The van der Waals surface area contributed by atoms with E-state index in [4.69, 9.17) is 4.42 Å². The topological polar surface area (TPSA) is 25.2 Å². The van der Waals surface area contributed by atoms with E-state index in [0.29, 0.717) is 6.04 Å². The summed E-state index contributed by atoms with van der Waals surface area (Å²) in [6.45, 7) is 5.39. The van der Waals surface area contributed by atoms with Crippen molar-refractivity contribution < 1.29 is 4.42 Å². The summed E-state index contributed by atoms with van der Waals surface area (Å²) < 4.78 is 5.47.